The van der Waals surface area contributed by atoms with Crippen LogP contribution in [0.2, 0.25) is 5.02 Å². The molecule has 0 radical (unpaired) electrons. The fourth-order valence-electron chi connectivity index (χ4n) is 3.49. The molecule has 0 aliphatic heterocycles. The van der Waals surface area contributed by atoms with E-state index >= 15 is 0 Å². The second kappa shape index (κ2) is 8.94. The lowest BCUT2D eigenvalue weighted by Gasteiger charge is -2.16. The Morgan fingerprint density at radius 1 is 1.00 bits per heavy atom. The molecule has 3 N–H and O–H groups in total. The highest BCUT2D eigenvalue weighted by Crippen LogP contribution is 2.48. The molecule has 4 rings (SSSR count). The van der Waals surface area contributed by atoms with Crippen LogP contribution in [0.15, 0.2) is 54.9 Å². The van der Waals surface area contributed by atoms with Gasteiger partial charge in [-0.15, -0.1) is 0 Å². The normalized spacial score (nSPS) is 14.3. The molecular formula is C23H19ClF3N5O2. The van der Waals surface area contributed by atoms with Crippen molar-refractivity contribution >= 4 is 40.6 Å². The average Bonchev–Trinajstić information content (AvgIpc) is 3.62. The van der Waals surface area contributed by atoms with Crippen molar-refractivity contribution in [3.05, 3.63) is 76.7 Å². The monoisotopic (exact) mass is 489 g/mol. The summed E-state index contributed by atoms with van der Waals surface area (Å²) in [4.78, 5) is 34.0. The number of alkyl halides is 3. The molecule has 1 heterocycles. The summed E-state index contributed by atoms with van der Waals surface area (Å²) in [5, 5.41) is 7.69. The number of halogens is 4. The quantitative estimate of drug-likeness (QED) is 0.447. The first-order valence-electron chi connectivity index (χ1n) is 10.2. The third-order valence-electron chi connectivity index (χ3n) is 5.51. The van der Waals surface area contributed by atoms with Gasteiger partial charge in [-0.2, -0.15) is 13.2 Å². The van der Waals surface area contributed by atoms with Gasteiger partial charge >= 0.3 is 6.18 Å². The van der Waals surface area contributed by atoms with Crippen LogP contribution < -0.4 is 16.0 Å². The molecule has 11 heteroatoms. The largest absolute Gasteiger partial charge is 0.417 e. The first-order chi connectivity index (χ1) is 16.1. The van der Waals surface area contributed by atoms with E-state index in [4.69, 9.17) is 11.6 Å². The fourth-order valence-corrected chi connectivity index (χ4v) is 3.72. The van der Waals surface area contributed by atoms with E-state index in [1.54, 1.807) is 25.2 Å². The zero-order valence-corrected chi connectivity index (χ0v) is 18.6. The number of carbonyl (C=O) groups excluding carboxylic acids is 2. The Labute approximate surface area is 197 Å². The number of benzene rings is 2. The van der Waals surface area contributed by atoms with Gasteiger partial charge in [-0.3, -0.25) is 9.59 Å². The Morgan fingerprint density at radius 3 is 2.41 bits per heavy atom. The standard InChI is InChI=1S/C23H19ClF3N5O2/c1-28-19-11-18(29-12-30-19)22(7-8-22)21(34)32-14-4-2-3-13(9-14)20(33)31-15-5-6-17(24)16(10-15)23(25,26)27/h2-6,9-12H,7-8H2,1H3,(H,31,33)(H,32,34)(H,28,29,30). The predicted octanol–water partition coefficient (Wildman–Crippen LogP) is 5.11. The zero-order valence-electron chi connectivity index (χ0n) is 17.8. The van der Waals surface area contributed by atoms with Crippen molar-refractivity contribution in [3.8, 4) is 0 Å². The molecule has 1 aromatic heterocycles. The van der Waals surface area contributed by atoms with Gasteiger partial charge < -0.3 is 16.0 Å². The minimum absolute atomic E-state index is 0.0582. The van der Waals surface area contributed by atoms with Crippen LogP contribution >= 0.6 is 11.6 Å². The molecule has 0 saturated heterocycles. The third-order valence-corrected chi connectivity index (χ3v) is 5.84. The fraction of sp³-hybridized carbons (Fsp3) is 0.217. The average molecular weight is 490 g/mol. The van der Waals surface area contributed by atoms with Crippen LogP contribution in [0, 0.1) is 0 Å². The lowest BCUT2D eigenvalue weighted by Crippen LogP contribution is -2.29. The Balaban J connectivity index is 1.49. The number of hydrogen-bond acceptors (Lipinski definition) is 5. The summed E-state index contributed by atoms with van der Waals surface area (Å²) in [5.41, 5.74) is -0.749. The van der Waals surface area contributed by atoms with Crippen LogP contribution in [0.25, 0.3) is 0 Å². The van der Waals surface area contributed by atoms with Gasteiger partial charge in [0.1, 0.15) is 12.1 Å². The molecule has 1 aliphatic carbocycles. The van der Waals surface area contributed by atoms with E-state index in [2.05, 4.69) is 25.9 Å². The Morgan fingerprint density at radius 2 is 1.74 bits per heavy atom. The molecule has 0 atom stereocenters. The number of aromatic nitrogens is 2. The maximum atomic E-state index is 13.1. The van der Waals surface area contributed by atoms with E-state index in [0.717, 1.165) is 12.1 Å². The molecule has 2 amide bonds. The summed E-state index contributed by atoms with van der Waals surface area (Å²) >= 11 is 5.62. The van der Waals surface area contributed by atoms with Crippen LogP contribution in [0.4, 0.5) is 30.4 Å². The third kappa shape index (κ3) is 4.81. The topological polar surface area (TPSA) is 96.0 Å². The second-order valence-electron chi connectivity index (χ2n) is 7.80. The number of anilines is 3. The Hall–Kier alpha value is -3.66. The maximum absolute atomic E-state index is 13.1. The molecule has 1 saturated carbocycles. The van der Waals surface area contributed by atoms with E-state index in [1.165, 1.54) is 24.5 Å². The highest BCUT2D eigenvalue weighted by atomic mass is 35.5. The summed E-state index contributed by atoms with van der Waals surface area (Å²) in [7, 11) is 1.72. The predicted molar refractivity (Wildman–Crippen MR) is 122 cm³/mol. The smallest absolute Gasteiger partial charge is 0.373 e. The number of rotatable bonds is 6. The minimum Gasteiger partial charge on any atom is -0.373 e. The molecule has 176 valence electrons. The second-order valence-corrected chi connectivity index (χ2v) is 8.21. The van der Waals surface area contributed by atoms with Crippen molar-refractivity contribution in [1.29, 1.82) is 0 Å². The van der Waals surface area contributed by atoms with Crippen LogP contribution in [-0.2, 0) is 16.4 Å². The molecule has 3 aromatic rings. The van der Waals surface area contributed by atoms with Crippen molar-refractivity contribution in [2.45, 2.75) is 24.4 Å². The molecule has 2 aromatic carbocycles. The van der Waals surface area contributed by atoms with E-state index < -0.39 is 28.1 Å². The lowest BCUT2D eigenvalue weighted by molar-refractivity contribution is -0.137. The Bertz CT molecular complexity index is 1260. The van der Waals surface area contributed by atoms with Crippen molar-refractivity contribution in [2.75, 3.05) is 23.0 Å². The first kappa shape index (κ1) is 23.5. The van der Waals surface area contributed by atoms with Crippen molar-refractivity contribution in [3.63, 3.8) is 0 Å². The van der Waals surface area contributed by atoms with E-state index in [1.807, 2.05) is 0 Å². The van der Waals surface area contributed by atoms with Gasteiger partial charge in [0.2, 0.25) is 5.91 Å². The summed E-state index contributed by atoms with van der Waals surface area (Å²) in [6.07, 6.45) is -2.02. The van der Waals surface area contributed by atoms with Gasteiger partial charge in [0.25, 0.3) is 5.91 Å². The number of carbonyl (C=O) groups is 2. The van der Waals surface area contributed by atoms with Crippen LogP contribution in [0.3, 0.4) is 0 Å². The van der Waals surface area contributed by atoms with Crippen LogP contribution in [0.1, 0.15) is 34.5 Å². The van der Waals surface area contributed by atoms with Gasteiger partial charge in [-0.25, -0.2) is 9.97 Å². The Kier molecular flexibility index (Phi) is 6.18. The summed E-state index contributed by atoms with van der Waals surface area (Å²) < 4.78 is 39.2. The van der Waals surface area contributed by atoms with E-state index in [0.29, 0.717) is 30.0 Å². The number of nitrogens with zero attached hydrogens (tertiary/aromatic N) is 2. The summed E-state index contributed by atoms with van der Waals surface area (Å²) in [6, 6.07) is 11.0. The molecule has 34 heavy (non-hydrogen) atoms. The summed E-state index contributed by atoms with van der Waals surface area (Å²) in [5.74, 6) is -0.306. The van der Waals surface area contributed by atoms with Gasteiger partial charge in [-0.1, -0.05) is 17.7 Å². The van der Waals surface area contributed by atoms with Crippen molar-refractivity contribution in [2.24, 2.45) is 0 Å². The molecule has 1 aliphatic rings. The van der Waals surface area contributed by atoms with E-state index in [9.17, 15) is 22.8 Å². The number of nitrogens with one attached hydrogen (secondary N) is 3. The van der Waals surface area contributed by atoms with E-state index in [-0.39, 0.29) is 17.2 Å². The van der Waals surface area contributed by atoms with Gasteiger partial charge in [0, 0.05) is 30.1 Å². The highest BCUT2D eigenvalue weighted by Gasteiger charge is 2.52. The maximum Gasteiger partial charge on any atom is 0.417 e. The van der Waals surface area contributed by atoms with Gasteiger partial charge in [-0.05, 0) is 49.2 Å². The molecule has 0 spiro atoms. The number of hydrogen-bond donors (Lipinski definition) is 3. The number of amides is 2. The first-order valence-corrected chi connectivity index (χ1v) is 10.6. The molecule has 0 bridgehead atoms. The SMILES string of the molecule is CNc1cc(C2(C(=O)Nc3cccc(C(=O)Nc4ccc(Cl)c(C(F)(F)F)c4)c3)CC2)ncn1. The zero-order chi connectivity index (χ0) is 24.5. The van der Waals surface area contributed by atoms with Crippen molar-refractivity contribution in [1.82, 2.24) is 9.97 Å². The van der Waals surface area contributed by atoms with Crippen LogP contribution in [-0.4, -0.2) is 28.8 Å². The minimum atomic E-state index is -4.65. The van der Waals surface area contributed by atoms with Gasteiger partial charge in [0.05, 0.1) is 21.7 Å². The molecule has 7 nitrogen and oxygen atoms in total. The molecule has 0 unspecified atom stereocenters. The van der Waals surface area contributed by atoms with Crippen molar-refractivity contribution < 1.29 is 22.8 Å². The van der Waals surface area contributed by atoms with Gasteiger partial charge in [0.15, 0.2) is 0 Å². The van der Waals surface area contributed by atoms with Crippen LogP contribution in [0.5, 0.6) is 0 Å². The highest BCUT2D eigenvalue weighted by molar-refractivity contribution is 6.31. The molecular weight excluding hydrogens is 471 g/mol. The molecule has 1 fully saturated rings. The lowest BCUT2D eigenvalue weighted by atomic mass is 10.0. The summed E-state index contributed by atoms with van der Waals surface area (Å²) in [6.45, 7) is 0.